The van der Waals surface area contributed by atoms with Gasteiger partial charge in [0, 0.05) is 16.6 Å². The molecule has 0 saturated carbocycles. The van der Waals surface area contributed by atoms with Crippen molar-refractivity contribution < 1.29 is 9.59 Å². The Labute approximate surface area is 156 Å². The van der Waals surface area contributed by atoms with Gasteiger partial charge in [-0.2, -0.15) is 0 Å². The molecule has 0 bridgehead atoms. The zero-order valence-corrected chi connectivity index (χ0v) is 14.8. The number of aryl methyl sites for hydroxylation is 1. The number of aromatic nitrogens is 1. The third-order valence-corrected chi connectivity index (χ3v) is 4.60. The molecular weight excluding hydrogens is 336 g/mol. The van der Waals surface area contributed by atoms with Crippen LogP contribution in [-0.4, -0.2) is 16.7 Å². The molecule has 2 N–H and O–H groups in total. The Morgan fingerprint density at radius 3 is 2.26 bits per heavy atom. The number of aromatic amines is 1. The summed E-state index contributed by atoms with van der Waals surface area (Å²) in [6.45, 7) is 1.89. The van der Waals surface area contributed by atoms with Crippen molar-refractivity contribution in [1.29, 1.82) is 0 Å². The van der Waals surface area contributed by atoms with Gasteiger partial charge in [-0.05, 0) is 30.2 Å². The Hall–Kier alpha value is -3.66. The predicted octanol–water partition coefficient (Wildman–Crippen LogP) is 4.96. The number of carbonyl (C=O) groups excluding carboxylic acids is 2. The number of hydrogen-bond donors (Lipinski definition) is 2. The molecular formula is C23H18N2O2. The Balaban J connectivity index is 1.79. The van der Waals surface area contributed by atoms with E-state index < -0.39 is 11.7 Å². The second-order valence-electron chi connectivity index (χ2n) is 6.38. The lowest BCUT2D eigenvalue weighted by molar-refractivity contribution is -0.112. The van der Waals surface area contributed by atoms with Gasteiger partial charge in [0.15, 0.2) is 0 Å². The summed E-state index contributed by atoms with van der Waals surface area (Å²) in [4.78, 5) is 29.1. The molecule has 0 aliphatic carbocycles. The normalized spacial score (nSPS) is 10.7. The monoisotopic (exact) mass is 354 g/mol. The van der Waals surface area contributed by atoms with E-state index in [0.717, 1.165) is 22.0 Å². The second kappa shape index (κ2) is 6.92. The molecule has 3 aromatic carbocycles. The average Bonchev–Trinajstić information content (AvgIpc) is 3.09. The number of H-pyrrole nitrogens is 1. The van der Waals surface area contributed by atoms with Crippen LogP contribution >= 0.6 is 0 Å². The van der Waals surface area contributed by atoms with E-state index in [1.807, 2.05) is 79.7 Å². The molecule has 1 heterocycles. The van der Waals surface area contributed by atoms with E-state index in [1.165, 1.54) is 0 Å². The van der Waals surface area contributed by atoms with E-state index in [2.05, 4.69) is 10.3 Å². The predicted molar refractivity (Wildman–Crippen MR) is 108 cm³/mol. The van der Waals surface area contributed by atoms with E-state index in [-0.39, 0.29) is 0 Å². The quantitative estimate of drug-likeness (QED) is 0.402. The summed E-state index contributed by atoms with van der Waals surface area (Å²) in [6, 6.07) is 24.5. The maximum atomic E-state index is 13.1. The minimum absolute atomic E-state index is 0.392. The minimum Gasteiger partial charge on any atom is -0.354 e. The van der Waals surface area contributed by atoms with Crippen molar-refractivity contribution >= 4 is 28.3 Å². The molecule has 27 heavy (non-hydrogen) atoms. The molecule has 0 atom stereocenters. The van der Waals surface area contributed by atoms with Crippen LogP contribution in [0.4, 0.5) is 5.69 Å². The third kappa shape index (κ3) is 3.13. The minimum atomic E-state index is -0.647. The fraction of sp³-hybridized carbons (Fsp3) is 0.0435. The van der Waals surface area contributed by atoms with Gasteiger partial charge in [-0.3, -0.25) is 9.59 Å². The number of carbonyl (C=O) groups is 2. The molecule has 132 valence electrons. The van der Waals surface area contributed by atoms with Crippen LogP contribution in [0.15, 0.2) is 78.9 Å². The average molecular weight is 354 g/mol. The summed E-state index contributed by atoms with van der Waals surface area (Å²) in [5, 5.41) is 3.48. The molecule has 4 nitrogen and oxygen atoms in total. The molecule has 0 fully saturated rings. The van der Waals surface area contributed by atoms with Crippen molar-refractivity contribution in [2.45, 2.75) is 6.92 Å². The van der Waals surface area contributed by atoms with Gasteiger partial charge in [0.1, 0.15) is 0 Å². The Morgan fingerprint density at radius 2 is 1.48 bits per heavy atom. The van der Waals surface area contributed by atoms with Gasteiger partial charge in [-0.15, -0.1) is 0 Å². The molecule has 0 aliphatic heterocycles. The van der Waals surface area contributed by atoms with Crippen molar-refractivity contribution in [3.63, 3.8) is 0 Å². The first kappa shape index (κ1) is 16.8. The van der Waals surface area contributed by atoms with Crippen molar-refractivity contribution in [1.82, 2.24) is 4.98 Å². The highest BCUT2D eigenvalue weighted by Crippen LogP contribution is 2.31. The van der Waals surface area contributed by atoms with Gasteiger partial charge >= 0.3 is 0 Å². The van der Waals surface area contributed by atoms with Crippen molar-refractivity contribution in [2.24, 2.45) is 0 Å². The number of anilines is 1. The van der Waals surface area contributed by atoms with Gasteiger partial charge in [0.2, 0.25) is 0 Å². The third-order valence-electron chi connectivity index (χ3n) is 4.60. The largest absolute Gasteiger partial charge is 0.354 e. The zero-order chi connectivity index (χ0) is 18.8. The Bertz CT molecular complexity index is 1140. The number of para-hydroxylation sites is 2. The molecule has 0 saturated heterocycles. The Kier molecular flexibility index (Phi) is 4.30. The van der Waals surface area contributed by atoms with E-state index in [1.54, 1.807) is 6.07 Å². The number of fused-ring (bicyclic) bond motifs is 1. The van der Waals surface area contributed by atoms with E-state index >= 15 is 0 Å². The number of rotatable bonds is 4. The van der Waals surface area contributed by atoms with Crippen LogP contribution in [0.5, 0.6) is 0 Å². The smallest absolute Gasteiger partial charge is 0.296 e. The summed E-state index contributed by atoms with van der Waals surface area (Å²) in [7, 11) is 0. The lowest BCUT2D eigenvalue weighted by Gasteiger charge is -2.08. The standard InChI is InChI=1S/C23H18N2O2/c1-15-9-5-7-13-18(15)25-23(27)22(26)20-17-12-6-8-14-19(17)24-21(20)16-10-3-2-4-11-16/h2-14,24H,1H3,(H,25,27). The number of amides is 1. The topological polar surface area (TPSA) is 62.0 Å². The van der Waals surface area contributed by atoms with E-state index in [9.17, 15) is 9.59 Å². The van der Waals surface area contributed by atoms with E-state index in [0.29, 0.717) is 16.9 Å². The second-order valence-corrected chi connectivity index (χ2v) is 6.38. The highest BCUT2D eigenvalue weighted by molar-refractivity contribution is 6.49. The van der Waals surface area contributed by atoms with E-state index in [4.69, 9.17) is 0 Å². The molecule has 0 radical (unpaired) electrons. The maximum Gasteiger partial charge on any atom is 0.296 e. The van der Waals surface area contributed by atoms with Crippen LogP contribution in [0.25, 0.3) is 22.2 Å². The number of nitrogens with one attached hydrogen (secondary N) is 2. The van der Waals surface area contributed by atoms with Gasteiger partial charge < -0.3 is 10.3 Å². The van der Waals surface area contributed by atoms with Crippen LogP contribution < -0.4 is 5.32 Å². The fourth-order valence-electron chi connectivity index (χ4n) is 3.20. The summed E-state index contributed by atoms with van der Waals surface area (Å²) >= 11 is 0. The molecule has 4 heteroatoms. The lowest BCUT2D eigenvalue weighted by Crippen LogP contribution is -2.23. The molecule has 1 aromatic heterocycles. The number of hydrogen-bond acceptors (Lipinski definition) is 2. The van der Waals surface area contributed by atoms with Crippen LogP contribution in [0.2, 0.25) is 0 Å². The number of ketones is 1. The summed E-state index contributed by atoms with van der Waals surface area (Å²) in [6.07, 6.45) is 0. The Morgan fingerprint density at radius 1 is 0.815 bits per heavy atom. The van der Waals surface area contributed by atoms with Crippen LogP contribution in [0.3, 0.4) is 0 Å². The molecule has 0 spiro atoms. The SMILES string of the molecule is Cc1ccccc1NC(=O)C(=O)c1c(-c2ccccc2)[nH]c2ccccc12. The van der Waals surface area contributed by atoms with Crippen LogP contribution in [-0.2, 0) is 4.79 Å². The number of Topliss-reactive ketones (excluding diaryl/α,β-unsaturated/α-hetero) is 1. The first-order valence-corrected chi connectivity index (χ1v) is 8.72. The first-order valence-electron chi connectivity index (χ1n) is 8.72. The molecule has 0 aliphatic rings. The molecule has 4 rings (SSSR count). The molecule has 0 unspecified atom stereocenters. The summed E-state index contributed by atoms with van der Waals surface area (Å²) in [5.41, 5.74) is 4.27. The van der Waals surface area contributed by atoms with Gasteiger partial charge in [0.25, 0.3) is 11.7 Å². The zero-order valence-electron chi connectivity index (χ0n) is 14.8. The fourth-order valence-corrected chi connectivity index (χ4v) is 3.20. The van der Waals surface area contributed by atoms with Crippen LogP contribution in [0.1, 0.15) is 15.9 Å². The van der Waals surface area contributed by atoms with Crippen molar-refractivity contribution in [2.75, 3.05) is 5.32 Å². The summed E-state index contributed by atoms with van der Waals surface area (Å²) < 4.78 is 0. The number of benzene rings is 3. The molecule has 1 amide bonds. The highest BCUT2D eigenvalue weighted by atomic mass is 16.2. The highest BCUT2D eigenvalue weighted by Gasteiger charge is 2.25. The first-order chi connectivity index (χ1) is 13.1. The summed E-state index contributed by atoms with van der Waals surface area (Å²) in [5.74, 6) is -1.21. The van der Waals surface area contributed by atoms with Crippen LogP contribution in [0, 0.1) is 6.92 Å². The van der Waals surface area contributed by atoms with Crippen molar-refractivity contribution in [3.8, 4) is 11.3 Å². The van der Waals surface area contributed by atoms with Gasteiger partial charge in [-0.1, -0.05) is 66.7 Å². The molecule has 4 aromatic rings. The maximum absolute atomic E-state index is 13.1. The van der Waals surface area contributed by atoms with Crippen molar-refractivity contribution in [3.05, 3.63) is 90.0 Å². The van der Waals surface area contributed by atoms with Gasteiger partial charge in [-0.25, -0.2) is 0 Å². The van der Waals surface area contributed by atoms with Gasteiger partial charge in [0.05, 0.1) is 11.3 Å². The lowest BCUT2D eigenvalue weighted by atomic mass is 10.0.